The van der Waals surface area contributed by atoms with Crippen LogP contribution in [-0.4, -0.2) is 15.2 Å². The van der Waals surface area contributed by atoms with E-state index < -0.39 is 0 Å². The zero-order valence-corrected chi connectivity index (χ0v) is 11.8. The molecule has 0 spiro atoms. The highest BCUT2D eigenvalue weighted by atomic mass is 79.9. The van der Waals surface area contributed by atoms with Gasteiger partial charge in [0.15, 0.2) is 5.82 Å². The van der Waals surface area contributed by atoms with Crippen LogP contribution in [0.3, 0.4) is 0 Å². The van der Waals surface area contributed by atoms with E-state index in [2.05, 4.69) is 43.2 Å². The summed E-state index contributed by atoms with van der Waals surface area (Å²) in [5.74, 6) is 1.66. The number of thiophene rings is 1. The second-order valence-corrected chi connectivity index (χ2v) is 5.75. The van der Waals surface area contributed by atoms with Gasteiger partial charge in [0.25, 0.3) is 0 Å². The van der Waals surface area contributed by atoms with Gasteiger partial charge in [0.1, 0.15) is 5.82 Å². The summed E-state index contributed by atoms with van der Waals surface area (Å²) in [5.41, 5.74) is 1.21. The first kappa shape index (κ1) is 11.6. The van der Waals surface area contributed by atoms with Gasteiger partial charge in [0.05, 0.1) is 4.88 Å². The van der Waals surface area contributed by atoms with Crippen molar-refractivity contribution < 1.29 is 0 Å². The lowest BCUT2D eigenvalue weighted by atomic mass is 10.1. The zero-order chi connectivity index (χ0) is 12.4. The van der Waals surface area contributed by atoms with E-state index in [0.717, 1.165) is 27.4 Å². The number of H-pyrrole nitrogens is 1. The Morgan fingerprint density at radius 1 is 1.17 bits per heavy atom. The monoisotopic (exact) mass is 319 g/mol. The van der Waals surface area contributed by atoms with Crippen LogP contribution in [0.2, 0.25) is 0 Å². The van der Waals surface area contributed by atoms with Crippen LogP contribution in [0, 0.1) is 0 Å². The lowest BCUT2D eigenvalue weighted by Gasteiger charge is -1.97. The number of halogens is 1. The molecule has 0 amide bonds. The van der Waals surface area contributed by atoms with Crippen LogP contribution in [0.25, 0.3) is 10.7 Å². The molecule has 5 heteroatoms. The third-order valence-corrected chi connectivity index (χ3v) is 3.95. The van der Waals surface area contributed by atoms with Crippen LogP contribution in [0.1, 0.15) is 11.4 Å². The minimum Gasteiger partial charge on any atom is -0.262 e. The molecule has 1 N–H and O–H groups in total. The third kappa shape index (κ3) is 2.52. The van der Waals surface area contributed by atoms with Crippen LogP contribution in [-0.2, 0) is 6.42 Å². The third-order valence-electron chi connectivity index (χ3n) is 2.56. The quantitative estimate of drug-likeness (QED) is 0.795. The van der Waals surface area contributed by atoms with Crippen molar-refractivity contribution in [2.75, 3.05) is 0 Å². The molecule has 2 heterocycles. The molecule has 0 radical (unpaired) electrons. The van der Waals surface area contributed by atoms with E-state index >= 15 is 0 Å². The Morgan fingerprint density at radius 2 is 2.00 bits per heavy atom. The van der Waals surface area contributed by atoms with Crippen LogP contribution < -0.4 is 0 Å². The smallest absolute Gasteiger partial charge is 0.191 e. The maximum absolute atomic E-state index is 4.50. The van der Waals surface area contributed by atoms with Gasteiger partial charge in [-0.3, -0.25) is 5.10 Å². The van der Waals surface area contributed by atoms with E-state index in [1.54, 1.807) is 11.3 Å². The zero-order valence-electron chi connectivity index (χ0n) is 9.43. The molecule has 0 aliphatic carbocycles. The first-order valence-corrected chi connectivity index (χ1v) is 7.18. The summed E-state index contributed by atoms with van der Waals surface area (Å²) in [4.78, 5) is 5.59. The normalized spacial score (nSPS) is 10.7. The molecule has 1 aromatic carbocycles. The van der Waals surface area contributed by atoms with Gasteiger partial charge in [-0.25, -0.2) is 4.98 Å². The van der Waals surface area contributed by atoms with E-state index in [0.29, 0.717) is 0 Å². The highest BCUT2D eigenvalue weighted by Crippen LogP contribution is 2.21. The van der Waals surface area contributed by atoms with Crippen molar-refractivity contribution in [2.45, 2.75) is 6.42 Å². The molecular weight excluding hydrogens is 310 g/mol. The molecule has 3 nitrogen and oxygen atoms in total. The fourth-order valence-electron chi connectivity index (χ4n) is 1.69. The summed E-state index contributed by atoms with van der Waals surface area (Å²) in [5, 5.41) is 9.26. The second-order valence-electron chi connectivity index (χ2n) is 3.89. The molecule has 18 heavy (non-hydrogen) atoms. The molecule has 3 aromatic rings. The molecule has 0 atom stereocenters. The van der Waals surface area contributed by atoms with E-state index in [4.69, 9.17) is 0 Å². The Bertz CT molecular complexity index is 629. The molecule has 0 unspecified atom stereocenters. The van der Waals surface area contributed by atoms with E-state index in [-0.39, 0.29) is 0 Å². The Labute approximate surface area is 117 Å². The number of benzene rings is 1. The Kier molecular flexibility index (Phi) is 3.25. The van der Waals surface area contributed by atoms with Gasteiger partial charge in [0, 0.05) is 10.9 Å². The highest BCUT2D eigenvalue weighted by molar-refractivity contribution is 9.10. The van der Waals surface area contributed by atoms with Gasteiger partial charge in [-0.15, -0.1) is 11.3 Å². The van der Waals surface area contributed by atoms with Gasteiger partial charge >= 0.3 is 0 Å². The number of hydrogen-bond acceptors (Lipinski definition) is 3. The predicted molar refractivity (Wildman–Crippen MR) is 76.6 cm³/mol. The number of rotatable bonds is 3. The molecule has 3 rings (SSSR count). The van der Waals surface area contributed by atoms with Crippen molar-refractivity contribution in [3.05, 3.63) is 57.6 Å². The topological polar surface area (TPSA) is 41.6 Å². The summed E-state index contributed by atoms with van der Waals surface area (Å²) >= 11 is 5.07. The number of aromatic amines is 1. The Balaban J connectivity index is 1.80. The Morgan fingerprint density at radius 3 is 2.72 bits per heavy atom. The van der Waals surface area contributed by atoms with Crippen LogP contribution in [0.15, 0.2) is 46.3 Å². The van der Waals surface area contributed by atoms with Crippen molar-refractivity contribution >= 4 is 27.3 Å². The summed E-state index contributed by atoms with van der Waals surface area (Å²) in [6.07, 6.45) is 0.769. The van der Waals surface area contributed by atoms with E-state index in [1.165, 1.54) is 5.56 Å². The van der Waals surface area contributed by atoms with Crippen molar-refractivity contribution in [1.29, 1.82) is 0 Å². The first-order chi connectivity index (χ1) is 8.81. The van der Waals surface area contributed by atoms with Crippen molar-refractivity contribution in [2.24, 2.45) is 0 Å². The number of nitrogens with zero attached hydrogens (tertiary/aromatic N) is 2. The molecular formula is C13H10BrN3S. The van der Waals surface area contributed by atoms with Crippen LogP contribution in [0.5, 0.6) is 0 Å². The average molecular weight is 320 g/mol. The maximum Gasteiger partial charge on any atom is 0.191 e. The van der Waals surface area contributed by atoms with Crippen molar-refractivity contribution in [3.63, 3.8) is 0 Å². The SMILES string of the molecule is Brc1ccc(Cc2nc(-c3cccs3)n[nH]2)cc1. The fraction of sp³-hybridized carbons (Fsp3) is 0.0769. The van der Waals surface area contributed by atoms with Crippen LogP contribution >= 0.6 is 27.3 Å². The van der Waals surface area contributed by atoms with Gasteiger partial charge < -0.3 is 0 Å². The minimum atomic E-state index is 0.769. The van der Waals surface area contributed by atoms with Crippen molar-refractivity contribution in [3.8, 4) is 10.7 Å². The molecule has 0 saturated carbocycles. The number of hydrogen-bond donors (Lipinski definition) is 1. The fourth-order valence-corrected chi connectivity index (χ4v) is 2.61. The van der Waals surface area contributed by atoms with Crippen LogP contribution in [0.4, 0.5) is 0 Å². The van der Waals surface area contributed by atoms with E-state index in [1.807, 2.05) is 29.6 Å². The molecule has 0 aliphatic rings. The lowest BCUT2D eigenvalue weighted by molar-refractivity contribution is 0.972. The largest absolute Gasteiger partial charge is 0.262 e. The standard InChI is InChI=1S/C13H10BrN3S/c14-10-5-3-9(4-6-10)8-12-15-13(17-16-12)11-2-1-7-18-11/h1-7H,8H2,(H,15,16,17). The average Bonchev–Trinajstić information content (AvgIpc) is 3.02. The molecule has 0 aliphatic heterocycles. The maximum atomic E-state index is 4.50. The summed E-state index contributed by atoms with van der Waals surface area (Å²) < 4.78 is 1.09. The van der Waals surface area contributed by atoms with Gasteiger partial charge in [-0.05, 0) is 29.1 Å². The lowest BCUT2D eigenvalue weighted by Crippen LogP contribution is -1.90. The predicted octanol–water partition coefficient (Wildman–Crippen LogP) is 3.89. The summed E-state index contributed by atoms with van der Waals surface area (Å²) in [7, 11) is 0. The minimum absolute atomic E-state index is 0.769. The summed E-state index contributed by atoms with van der Waals surface area (Å²) in [6.45, 7) is 0. The number of nitrogens with one attached hydrogen (secondary N) is 1. The number of aromatic nitrogens is 3. The van der Waals surface area contributed by atoms with Gasteiger partial charge in [-0.2, -0.15) is 5.10 Å². The molecule has 90 valence electrons. The van der Waals surface area contributed by atoms with Gasteiger partial charge in [0.2, 0.25) is 0 Å². The van der Waals surface area contributed by atoms with Gasteiger partial charge in [-0.1, -0.05) is 34.1 Å². The molecule has 0 bridgehead atoms. The molecule has 2 aromatic heterocycles. The van der Waals surface area contributed by atoms with Crippen molar-refractivity contribution in [1.82, 2.24) is 15.2 Å². The summed E-state index contributed by atoms with van der Waals surface area (Å²) in [6, 6.07) is 12.3. The first-order valence-electron chi connectivity index (χ1n) is 5.51. The highest BCUT2D eigenvalue weighted by Gasteiger charge is 2.07. The Hall–Kier alpha value is -1.46. The van der Waals surface area contributed by atoms with E-state index in [9.17, 15) is 0 Å². The molecule has 0 fully saturated rings. The molecule has 0 saturated heterocycles. The second kappa shape index (κ2) is 5.04.